The van der Waals surface area contributed by atoms with Crippen LogP contribution in [0, 0.1) is 5.82 Å². The van der Waals surface area contributed by atoms with Gasteiger partial charge < -0.3 is 19.8 Å². The number of ether oxygens (including phenoxy) is 2. The number of anilines is 1. The minimum absolute atomic E-state index is 0.107. The number of aromatic nitrogens is 2. The van der Waals surface area contributed by atoms with Gasteiger partial charge in [0, 0.05) is 18.1 Å². The first-order chi connectivity index (χ1) is 16.0. The molecular weight excluding hydrogens is 445 g/mol. The number of thioether (sulfide) groups is 1. The number of carbonyl (C=O) groups excluding carboxylic acids is 1. The fourth-order valence-corrected chi connectivity index (χ4v) is 4.42. The second-order valence-corrected chi connectivity index (χ2v) is 8.33. The number of hydrogen-bond donors (Lipinski definition) is 2. The van der Waals surface area contributed by atoms with Gasteiger partial charge in [0.15, 0.2) is 16.7 Å². The molecule has 0 aliphatic carbocycles. The summed E-state index contributed by atoms with van der Waals surface area (Å²) in [6.07, 6.45) is 1.74. The van der Waals surface area contributed by atoms with Gasteiger partial charge in [-0.25, -0.2) is 9.37 Å². The second-order valence-electron chi connectivity index (χ2n) is 7.36. The molecular formula is C24H22FN3O4S. The highest BCUT2D eigenvalue weighted by molar-refractivity contribution is 7.98. The molecule has 1 aliphatic heterocycles. The summed E-state index contributed by atoms with van der Waals surface area (Å²) < 4.78 is 24.1. The van der Waals surface area contributed by atoms with Crippen LogP contribution >= 0.6 is 11.8 Å². The Morgan fingerprint density at radius 2 is 2.00 bits per heavy atom. The van der Waals surface area contributed by atoms with Gasteiger partial charge in [-0.1, -0.05) is 42.6 Å². The van der Waals surface area contributed by atoms with Crippen molar-refractivity contribution in [3.8, 4) is 11.5 Å². The molecule has 33 heavy (non-hydrogen) atoms. The van der Waals surface area contributed by atoms with E-state index in [1.165, 1.54) is 31.0 Å². The Balaban J connectivity index is 1.63. The maximum Gasteiger partial charge on any atom is 0.257 e. The number of rotatable bonds is 8. The first-order valence-corrected chi connectivity index (χ1v) is 11.2. The largest absolute Gasteiger partial charge is 0.493 e. The van der Waals surface area contributed by atoms with Crippen molar-refractivity contribution in [3.63, 3.8) is 0 Å². The number of hydrogen-bond acceptors (Lipinski definition) is 6. The van der Waals surface area contributed by atoms with Gasteiger partial charge in [-0.15, -0.1) is 0 Å². The van der Waals surface area contributed by atoms with Crippen molar-refractivity contribution in [1.82, 2.24) is 9.97 Å². The fourth-order valence-electron chi connectivity index (χ4n) is 3.60. The fraction of sp³-hybridized carbons (Fsp3) is 0.208. The van der Waals surface area contributed by atoms with Gasteiger partial charge in [-0.3, -0.25) is 9.59 Å². The first-order valence-electron chi connectivity index (χ1n) is 10.2. The SMILES string of the molecule is C=CCOc1ccc(C2CC(=O)Nc3nc(SCc4ccc(F)cc4)[nH]c(=O)c32)cc1OC. The number of nitrogens with zero attached hydrogens (tertiary/aromatic N) is 1. The summed E-state index contributed by atoms with van der Waals surface area (Å²) in [6.45, 7) is 3.96. The third-order valence-electron chi connectivity index (χ3n) is 5.16. The highest BCUT2D eigenvalue weighted by Crippen LogP contribution is 2.38. The van der Waals surface area contributed by atoms with Gasteiger partial charge in [0.2, 0.25) is 5.91 Å². The van der Waals surface area contributed by atoms with Crippen LogP contribution in [0.1, 0.15) is 29.0 Å². The molecule has 7 nitrogen and oxygen atoms in total. The average Bonchev–Trinajstić information content (AvgIpc) is 2.81. The van der Waals surface area contributed by atoms with E-state index in [1.807, 2.05) is 6.07 Å². The van der Waals surface area contributed by atoms with Crippen molar-refractivity contribution in [2.75, 3.05) is 19.0 Å². The van der Waals surface area contributed by atoms with E-state index < -0.39 is 5.92 Å². The Kier molecular flexibility index (Phi) is 6.79. The lowest BCUT2D eigenvalue weighted by atomic mass is 9.86. The highest BCUT2D eigenvalue weighted by Gasteiger charge is 2.31. The molecule has 0 fully saturated rings. The lowest BCUT2D eigenvalue weighted by Gasteiger charge is -2.25. The number of benzene rings is 2. The Morgan fingerprint density at radius 1 is 1.21 bits per heavy atom. The number of carbonyl (C=O) groups is 1. The minimum atomic E-state index is -0.483. The van der Waals surface area contributed by atoms with Crippen molar-refractivity contribution < 1.29 is 18.7 Å². The van der Waals surface area contributed by atoms with E-state index in [1.54, 1.807) is 30.3 Å². The number of nitrogens with one attached hydrogen (secondary N) is 2. The van der Waals surface area contributed by atoms with Crippen molar-refractivity contribution in [2.45, 2.75) is 23.2 Å². The lowest BCUT2D eigenvalue weighted by molar-refractivity contribution is -0.116. The third kappa shape index (κ3) is 5.09. The Bertz CT molecular complexity index is 1240. The molecule has 2 N–H and O–H groups in total. The van der Waals surface area contributed by atoms with E-state index in [0.29, 0.717) is 34.6 Å². The molecule has 0 bridgehead atoms. The van der Waals surface area contributed by atoms with E-state index in [4.69, 9.17) is 9.47 Å². The molecule has 9 heteroatoms. The molecule has 3 aromatic rings. The summed E-state index contributed by atoms with van der Waals surface area (Å²) in [5, 5.41) is 3.08. The van der Waals surface area contributed by atoms with Crippen LogP contribution in [0.25, 0.3) is 0 Å². The van der Waals surface area contributed by atoms with Gasteiger partial charge >= 0.3 is 0 Å². The zero-order chi connectivity index (χ0) is 23.4. The predicted molar refractivity (Wildman–Crippen MR) is 125 cm³/mol. The zero-order valence-corrected chi connectivity index (χ0v) is 18.7. The van der Waals surface area contributed by atoms with Crippen LogP contribution in [0.3, 0.4) is 0 Å². The van der Waals surface area contributed by atoms with E-state index in [0.717, 1.165) is 11.1 Å². The van der Waals surface area contributed by atoms with Gasteiger partial charge in [0.1, 0.15) is 18.2 Å². The van der Waals surface area contributed by atoms with Crippen LogP contribution in [0.2, 0.25) is 0 Å². The smallest absolute Gasteiger partial charge is 0.257 e. The standard InChI is InChI=1S/C24H22FN3O4S/c1-3-10-32-18-9-6-15(11-19(18)31-2)17-12-20(29)26-22-21(17)23(30)28-24(27-22)33-13-14-4-7-16(25)8-5-14/h3-9,11,17H,1,10,12-13H2,2H3,(H2,26,27,28,29,30). The Labute approximate surface area is 194 Å². The minimum Gasteiger partial charge on any atom is -0.493 e. The number of amides is 1. The van der Waals surface area contributed by atoms with Crippen molar-refractivity contribution >= 4 is 23.5 Å². The van der Waals surface area contributed by atoms with Crippen LogP contribution in [-0.2, 0) is 10.5 Å². The molecule has 4 rings (SSSR count). The average molecular weight is 468 g/mol. The second kappa shape index (κ2) is 9.91. The number of methoxy groups -OCH3 is 1. The van der Waals surface area contributed by atoms with Gasteiger partial charge in [-0.2, -0.15) is 0 Å². The normalized spacial score (nSPS) is 14.8. The molecule has 1 unspecified atom stereocenters. The maximum absolute atomic E-state index is 13.1. The van der Waals surface area contributed by atoms with E-state index in [-0.39, 0.29) is 29.5 Å². The number of aromatic amines is 1. The van der Waals surface area contributed by atoms with E-state index >= 15 is 0 Å². The van der Waals surface area contributed by atoms with Crippen LogP contribution in [0.5, 0.6) is 11.5 Å². The van der Waals surface area contributed by atoms with Gasteiger partial charge in [-0.05, 0) is 35.4 Å². The number of fused-ring (bicyclic) bond motifs is 1. The highest BCUT2D eigenvalue weighted by atomic mass is 32.2. The van der Waals surface area contributed by atoms with E-state index in [2.05, 4.69) is 21.9 Å². The van der Waals surface area contributed by atoms with Gasteiger partial charge in [0.05, 0.1) is 12.7 Å². The summed E-state index contributed by atoms with van der Waals surface area (Å²) >= 11 is 1.30. The summed E-state index contributed by atoms with van der Waals surface area (Å²) in [4.78, 5) is 32.7. The Hall–Kier alpha value is -3.59. The van der Waals surface area contributed by atoms with Crippen molar-refractivity contribution in [2.24, 2.45) is 0 Å². The monoisotopic (exact) mass is 467 g/mol. The molecule has 2 heterocycles. The Morgan fingerprint density at radius 3 is 2.73 bits per heavy atom. The first kappa shape index (κ1) is 22.6. The summed E-state index contributed by atoms with van der Waals surface area (Å²) in [5.41, 5.74) is 1.70. The van der Waals surface area contributed by atoms with Crippen molar-refractivity contribution in [1.29, 1.82) is 0 Å². The van der Waals surface area contributed by atoms with Crippen LogP contribution in [-0.4, -0.2) is 29.6 Å². The topological polar surface area (TPSA) is 93.3 Å². The predicted octanol–water partition coefficient (Wildman–Crippen LogP) is 4.25. The quantitative estimate of drug-likeness (QED) is 0.292. The number of halogens is 1. The molecule has 1 aromatic heterocycles. The van der Waals surface area contributed by atoms with Crippen LogP contribution in [0.4, 0.5) is 10.2 Å². The van der Waals surface area contributed by atoms with Gasteiger partial charge in [0.25, 0.3) is 5.56 Å². The molecule has 170 valence electrons. The lowest BCUT2D eigenvalue weighted by Crippen LogP contribution is -2.31. The molecule has 1 aliphatic rings. The molecule has 2 aromatic carbocycles. The summed E-state index contributed by atoms with van der Waals surface area (Å²) in [6, 6.07) is 11.4. The van der Waals surface area contributed by atoms with Crippen molar-refractivity contribution in [3.05, 3.63) is 88.0 Å². The summed E-state index contributed by atoms with van der Waals surface area (Å²) in [7, 11) is 1.53. The molecule has 1 atom stereocenters. The molecule has 1 amide bonds. The molecule has 0 spiro atoms. The molecule has 0 radical (unpaired) electrons. The molecule has 0 saturated carbocycles. The third-order valence-corrected chi connectivity index (χ3v) is 6.11. The zero-order valence-electron chi connectivity index (χ0n) is 17.9. The van der Waals surface area contributed by atoms with Crippen LogP contribution in [0.15, 0.2) is 65.1 Å². The van der Waals surface area contributed by atoms with Crippen LogP contribution < -0.4 is 20.3 Å². The maximum atomic E-state index is 13.1. The van der Waals surface area contributed by atoms with E-state index in [9.17, 15) is 14.0 Å². The molecule has 0 saturated heterocycles. The summed E-state index contributed by atoms with van der Waals surface area (Å²) in [5.74, 6) is 0.749. The number of H-pyrrole nitrogens is 1.